The van der Waals surface area contributed by atoms with Crippen LogP contribution in [0.25, 0.3) is 0 Å². The van der Waals surface area contributed by atoms with Crippen molar-refractivity contribution in [2.24, 2.45) is 5.92 Å². The molecule has 3 rings (SSSR count). The highest BCUT2D eigenvalue weighted by Gasteiger charge is 2.26. The summed E-state index contributed by atoms with van der Waals surface area (Å²) in [5, 5.41) is 3.35. The third kappa shape index (κ3) is 3.59. The quantitative estimate of drug-likeness (QED) is 0.867. The monoisotopic (exact) mass is 318 g/mol. The summed E-state index contributed by atoms with van der Waals surface area (Å²) >= 11 is 0. The number of methoxy groups -OCH3 is 1. The van der Waals surface area contributed by atoms with E-state index in [1.165, 1.54) is 29.4 Å². The van der Waals surface area contributed by atoms with E-state index in [0.717, 1.165) is 45.6 Å². The maximum atomic E-state index is 11.6. The second-order valence-corrected chi connectivity index (χ2v) is 7.06. The second kappa shape index (κ2) is 7.02. The van der Waals surface area contributed by atoms with Crippen LogP contribution in [-0.2, 0) is 16.1 Å². The fourth-order valence-electron chi connectivity index (χ4n) is 3.75. The molecule has 0 aliphatic carbocycles. The molecule has 0 aromatic heterocycles. The first-order chi connectivity index (χ1) is 11.1. The lowest BCUT2D eigenvalue weighted by Crippen LogP contribution is -2.40. The molecule has 2 aliphatic heterocycles. The highest BCUT2D eigenvalue weighted by molar-refractivity contribution is 5.72. The van der Waals surface area contributed by atoms with Crippen LogP contribution in [0.15, 0.2) is 12.1 Å². The molecule has 0 radical (unpaired) electrons. The van der Waals surface area contributed by atoms with Gasteiger partial charge in [0.15, 0.2) is 0 Å². The molecule has 1 aromatic rings. The molecule has 4 nitrogen and oxygen atoms in total. The van der Waals surface area contributed by atoms with E-state index in [-0.39, 0.29) is 13.3 Å². The first-order valence-corrected chi connectivity index (χ1v) is 8.69. The minimum atomic E-state index is -0.0459. The van der Waals surface area contributed by atoms with Crippen LogP contribution < -0.4 is 5.32 Å². The molecule has 23 heavy (non-hydrogen) atoms. The number of benzene rings is 1. The normalized spacial score (nSPS) is 20.3. The van der Waals surface area contributed by atoms with Crippen LogP contribution >= 0.6 is 0 Å². The Morgan fingerprint density at radius 2 is 1.87 bits per heavy atom. The van der Waals surface area contributed by atoms with Crippen molar-refractivity contribution >= 4 is 5.97 Å². The summed E-state index contributed by atoms with van der Waals surface area (Å²) in [5.41, 5.74) is 5.74. The van der Waals surface area contributed by atoms with Crippen molar-refractivity contribution in [3.63, 3.8) is 0 Å². The zero-order valence-corrected chi connectivity index (χ0v) is 14.5. The molecule has 128 valence electrons. The molecule has 0 saturated carbocycles. The Labute approximate surface area is 140 Å². The number of aryl methyl sites for hydroxylation is 2. The Balaban J connectivity index is 0.00000208. The third-order valence-corrected chi connectivity index (χ3v) is 5.48. The smallest absolute Gasteiger partial charge is 0.308 e. The number of rotatable bonds is 4. The summed E-state index contributed by atoms with van der Waals surface area (Å²) in [6.45, 7) is 9.64. The maximum absolute atomic E-state index is 11.6. The Hall–Kier alpha value is -1.39. The molecule has 0 atom stereocenters. The molecule has 2 aliphatic rings. The van der Waals surface area contributed by atoms with E-state index in [2.05, 4.69) is 36.2 Å². The average Bonchev–Trinajstić information content (AvgIpc) is 2.49. The van der Waals surface area contributed by atoms with Crippen LogP contribution in [0.5, 0.6) is 0 Å². The van der Waals surface area contributed by atoms with Gasteiger partial charge < -0.3 is 10.1 Å². The molecular weight excluding hydrogens is 288 g/mol. The number of ether oxygens (including phenoxy) is 1. The summed E-state index contributed by atoms with van der Waals surface area (Å²) in [4.78, 5) is 14.1. The van der Waals surface area contributed by atoms with E-state index < -0.39 is 0 Å². The van der Waals surface area contributed by atoms with Gasteiger partial charge in [-0.2, -0.15) is 0 Å². The van der Waals surface area contributed by atoms with Crippen LogP contribution in [0, 0.1) is 19.8 Å². The lowest BCUT2D eigenvalue weighted by molar-refractivity contribution is -0.147. The Morgan fingerprint density at radius 3 is 2.35 bits per heavy atom. The van der Waals surface area contributed by atoms with Gasteiger partial charge in [-0.25, -0.2) is 0 Å². The number of nitrogens with zero attached hydrogens (tertiary/aromatic N) is 1. The van der Waals surface area contributed by atoms with Gasteiger partial charge in [0.2, 0.25) is 0 Å². The predicted octanol–water partition coefficient (Wildman–Crippen LogP) is 2.62. The van der Waals surface area contributed by atoms with Crippen molar-refractivity contribution in [1.29, 1.82) is 0 Å². The van der Waals surface area contributed by atoms with Gasteiger partial charge in [0.25, 0.3) is 0 Å². The molecule has 2 fully saturated rings. The van der Waals surface area contributed by atoms with Crippen molar-refractivity contribution in [2.75, 3.05) is 33.3 Å². The van der Waals surface area contributed by atoms with Gasteiger partial charge in [-0.15, -0.1) is 0 Å². The van der Waals surface area contributed by atoms with E-state index in [1.54, 1.807) is 0 Å². The van der Waals surface area contributed by atoms with Crippen molar-refractivity contribution in [3.8, 4) is 0 Å². The number of carbonyl (C=O) groups excluding carboxylic acids is 1. The first-order valence-electron chi connectivity index (χ1n) is 8.69. The standard InChI is InChI=1S/C19H28N2O2.H2/c1-13-8-16(17-10-20-11-17)9-14(2)18(13)12-21-6-4-15(5-7-21)19(22)23-3;/h8-9,15,17,20H,4-7,10-12H2,1-3H3;1H. The molecule has 1 N–H and O–H groups in total. The van der Waals surface area contributed by atoms with Crippen molar-refractivity contribution in [1.82, 2.24) is 10.2 Å². The SMILES string of the molecule is COC(=O)C1CCN(Cc2c(C)cc(C3CNC3)cc2C)CC1.[HH]. The average molecular weight is 318 g/mol. The molecule has 1 aromatic carbocycles. The molecule has 0 unspecified atom stereocenters. The minimum absolute atomic E-state index is 0. The second-order valence-electron chi connectivity index (χ2n) is 7.06. The highest BCUT2D eigenvalue weighted by atomic mass is 16.5. The predicted molar refractivity (Wildman–Crippen MR) is 93.7 cm³/mol. The molecular formula is C19H30N2O2. The molecule has 0 amide bonds. The molecule has 2 heterocycles. The lowest BCUT2D eigenvalue weighted by atomic mass is 9.88. The van der Waals surface area contributed by atoms with Crippen LogP contribution in [0.3, 0.4) is 0 Å². The fraction of sp³-hybridized carbons (Fsp3) is 0.632. The van der Waals surface area contributed by atoms with E-state index in [1.807, 2.05) is 0 Å². The van der Waals surface area contributed by atoms with Crippen molar-refractivity contribution in [2.45, 2.75) is 39.2 Å². The van der Waals surface area contributed by atoms with Crippen molar-refractivity contribution < 1.29 is 11.0 Å². The third-order valence-electron chi connectivity index (χ3n) is 5.48. The molecule has 0 bridgehead atoms. The summed E-state index contributed by atoms with van der Waals surface area (Å²) in [6.07, 6.45) is 1.83. The van der Waals surface area contributed by atoms with Gasteiger partial charge in [-0.1, -0.05) is 12.1 Å². The van der Waals surface area contributed by atoms with E-state index >= 15 is 0 Å². The van der Waals surface area contributed by atoms with Gasteiger partial charge in [-0.3, -0.25) is 9.69 Å². The number of hydrogen-bond donors (Lipinski definition) is 1. The van der Waals surface area contributed by atoms with Crippen LogP contribution in [0.1, 0.15) is 42.4 Å². The number of esters is 1. The number of hydrogen-bond acceptors (Lipinski definition) is 4. The Kier molecular flexibility index (Phi) is 5.02. The zero-order chi connectivity index (χ0) is 16.4. The van der Waals surface area contributed by atoms with E-state index in [9.17, 15) is 4.79 Å². The lowest BCUT2D eigenvalue weighted by Gasteiger charge is -2.32. The van der Waals surface area contributed by atoms with Crippen molar-refractivity contribution in [3.05, 3.63) is 34.4 Å². The highest BCUT2D eigenvalue weighted by Crippen LogP contribution is 2.27. The summed E-state index contributed by atoms with van der Waals surface area (Å²) in [5.74, 6) is 0.736. The molecule has 0 spiro atoms. The van der Waals surface area contributed by atoms with Gasteiger partial charge in [0.05, 0.1) is 13.0 Å². The first kappa shape index (κ1) is 16.5. The number of piperidine rings is 1. The Morgan fingerprint density at radius 1 is 1.26 bits per heavy atom. The topological polar surface area (TPSA) is 41.6 Å². The molecule has 4 heteroatoms. The van der Waals surface area contributed by atoms with Gasteiger partial charge in [-0.05, 0) is 62.0 Å². The van der Waals surface area contributed by atoms with Gasteiger partial charge in [0.1, 0.15) is 0 Å². The number of nitrogens with one attached hydrogen (secondary N) is 1. The maximum Gasteiger partial charge on any atom is 0.308 e. The van der Waals surface area contributed by atoms with Crippen LogP contribution in [0.4, 0.5) is 0 Å². The summed E-state index contributed by atoms with van der Waals surface area (Å²) < 4.78 is 4.87. The van der Waals surface area contributed by atoms with E-state index in [0.29, 0.717) is 5.92 Å². The summed E-state index contributed by atoms with van der Waals surface area (Å²) in [6, 6.07) is 4.74. The van der Waals surface area contributed by atoms with Gasteiger partial charge >= 0.3 is 5.97 Å². The summed E-state index contributed by atoms with van der Waals surface area (Å²) in [7, 11) is 1.49. The number of likely N-dealkylation sites (tertiary alicyclic amines) is 1. The Bertz CT molecular complexity index is 556. The minimum Gasteiger partial charge on any atom is -0.469 e. The fourth-order valence-corrected chi connectivity index (χ4v) is 3.75. The largest absolute Gasteiger partial charge is 0.469 e. The van der Waals surface area contributed by atoms with Crippen LogP contribution in [0.2, 0.25) is 0 Å². The van der Waals surface area contributed by atoms with E-state index in [4.69, 9.17) is 4.74 Å². The van der Waals surface area contributed by atoms with Gasteiger partial charge in [0, 0.05) is 27.0 Å². The van der Waals surface area contributed by atoms with Crippen LogP contribution in [-0.4, -0.2) is 44.2 Å². The number of carbonyl (C=O) groups is 1. The zero-order valence-electron chi connectivity index (χ0n) is 14.5. The molecule has 2 saturated heterocycles.